The van der Waals surface area contributed by atoms with Crippen molar-refractivity contribution >= 4 is 0 Å². The number of aromatic hydroxyl groups is 3. The van der Waals surface area contributed by atoms with Gasteiger partial charge < -0.3 is 30.6 Å². The Morgan fingerprint density at radius 3 is 1.21 bits per heavy atom. The highest BCUT2D eigenvalue weighted by Crippen LogP contribution is 2.40. The van der Waals surface area contributed by atoms with E-state index in [1.165, 1.54) is 27.8 Å². The summed E-state index contributed by atoms with van der Waals surface area (Å²) >= 11 is 0. The van der Waals surface area contributed by atoms with E-state index in [1.807, 2.05) is 18.2 Å². The number of fused-ring (bicyclic) bond motifs is 3. The predicted molar refractivity (Wildman–Crippen MR) is 187 cm³/mol. The molecule has 3 aliphatic rings. The van der Waals surface area contributed by atoms with Gasteiger partial charge in [0, 0.05) is 19.3 Å². The summed E-state index contributed by atoms with van der Waals surface area (Å²) in [7, 11) is 0. The largest absolute Gasteiger partial charge is 0.508 e. The van der Waals surface area contributed by atoms with Crippen molar-refractivity contribution in [1.29, 1.82) is 0 Å². The van der Waals surface area contributed by atoms with E-state index in [-0.39, 0.29) is 37.1 Å². The van der Waals surface area contributed by atoms with E-state index in [2.05, 4.69) is 18.2 Å². The number of aryl methyl sites for hydroxylation is 5. The summed E-state index contributed by atoms with van der Waals surface area (Å²) in [4.78, 5) is 0. The number of rotatable bonds is 9. The van der Waals surface area contributed by atoms with Gasteiger partial charge in [-0.2, -0.15) is 0 Å². The molecular weight excluding hydrogens is 600 g/mol. The van der Waals surface area contributed by atoms with E-state index >= 15 is 0 Å². The molecule has 0 radical (unpaired) electrons. The molecule has 3 aliphatic carbocycles. The second kappa shape index (κ2) is 13.9. The zero-order valence-corrected chi connectivity index (χ0v) is 27.9. The van der Waals surface area contributed by atoms with Gasteiger partial charge in [-0.25, -0.2) is 0 Å². The summed E-state index contributed by atoms with van der Waals surface area (Å²) in [5.74, 6) is 0.698. The van der Waals surface area contributed by atoms with Crippen molar-refractivity contribution in [2.24, 2.45) is 0 Å². The van der Waals surface area contributed by atoms with E-state index in [0.717, 1.165) is 116 Å². The first-order chi connectivity index (χ1) is 23.4. The zero-order chi connectivity index (χ0) is 33.4. The molecule has 7 rings (SSSR count). The van der Waals surface area contributed by atoms with Crippen LogP contribution in [0.2, 0.25) is 0 Å². The van der Waals surface area contributed by atoms with Crippen LogP contribution in [-0.4, -0.2) is 30.6 Å². The molecule has 6 nitrogen and oxygen atoms in total. The van der Waals surface area contributed by atoms with Crippen LogP contribution in [0, 0.1) is 0 Å². The van der Waals surface area contributed by atoms with E-state index < -0.39 is 0 Å². The molecule has 0 bridgehead atoms. The molecule has 0 atom stereocenters. The Morgan fingerprint density at radius 2 is 0.771 bits per heavy atom. The minimum absolute atomic E-state index is 0.206. The summed E-state index contributed by atoms with van der Waals surface area (Å²) in [6, 6.07) is 12.0. The van der Waals surface area contributed by atoms with Crippen molar-refractivity contribution in [3.8, 4) is 17.2 Å². The van der Waals surface area contributed by atoms with E-state index in [0.29, 0.717) is 36.0 Å². The summed E-state index contributed by atoms with van der Waals surface area (Å²) < 4.78 is 0. The maximum Gasteiger partial charge on any atom is 0.122 e. The molecule has 4 aromatic rings. The number of phenols is 3. The maximum atomic E-state index is 11.5. The normalized spacial score (nSPS) is 15.6. The van der Waals surface area contributed by atoms with Gasteiger partial charge in [0.1, 0.15) is 17.2 Å². The van der Waals surface area contributed by atoms with E-state index in [1.54, 1.807) is 0 Å². The molecule has 0 aromatic heterocycles. The lowest BCUT2D eigenvalue weighted by Crippen LogP contribution is -2.16. The fourth-order valence-corrected chi connectivity index (χ4v) is 8.81. The summed E-state index contributed by atoms with van der Waals surface area (Å²) in [6.45, 7) is -0.981. The molecule has 0 unspecified atom stereocenters. The molecule has 0 amide bonds. The zero-order valence-electron chi connectivity index (χ0n) is 27.9. The van der Waals surface area contributed by atoms with Crippen molar-refractivity contribution in [2.75, 3.05) is 0 Å². The van der Waals surface area contributed by atoms with Gasteiger partial charge in [0.2, 0.25) is 0 Å². The fourth-order valence-electron chi connectivity index (χ4n) is 8.81. The van der Waals surface area contributed by atoms with Crippen LogP contribution < -0.4 is 0 Å². The summed E-state index contributed by atoms with van der Waals surface area (Å²) in [5, 5.41) is 67.1. The molecule has 0 fully saturated rings. The molecule has 252 valence electrons. The molecule has 6 heteroatoms. The number of phenolic OH excluding ortho intramolecular Hbond substituents is 3. The Morgan fingerprint density at radius 1 is 0.396 bits per heavy atom. The van der Waals surface area contributed by atoms with Gasteiger partial charge in [-0.3, -0.25) is 0 Å². The fraction of sp³-hybridized carbons (Fsp3) is 0.429. The third kappa shape index (κ3) is 6.11. The SMILES string of the molecule is OCc1c(Cc2cc3c(cc2O)CCCC3)c(CO)c(Cc2ccc3c(c2O)CCCC3)c(CO)c1Cc1cc2c(cc1O)CCCC2. The second-order valence-electron chi connectivity index (χ2n) is 14.2. The Kier molecular flexibility index (Phi) is 9.50. The monoisotopic (exact) mass is 648 g/mol. The first-order valence-electron chi connectivity index (χ1n) is 17.9. The van der Waals surface area contributed by atoms with Crippen LogP contribution in [0.1, 0.15) is 122 Å². The standard InChI is InChI=1S/C42H48O6/c43-22-37-34(17-30-14-13-25-7-5-6-12-33(25)42(30)48)38(23-44)36(19-32-16-27-9-2-4-11-29(27)21-41(32)47)39(24-45)35(37)18-31-15-26-8-1-3-10-28(26)20-40(31)46/h13-16,20-21,43-48H,1-12,17-19,22-24H2. The van der Waals surface area contributed by atoms with Crippen LogP contribution in [0.3, 0.4) is 0 Å². The lowest BCUT2D eigenvalue weighted by Gasteiger charge is -2.27. The Balaban J connectivity index is 1.41. The topological polar surface area (TPSA) is 121 Å². The van der Waals surface area contributed by atoms with Gasteiger partial charge in [0.15, 0.2) is 0 Å². The van der Waals surface area contributed by atoms with Crippen LogP contribution in [0.15, 0.2) is 36.4 Å². The highest BCUT2D eigenvalue weighted by Gasteiger charge is 2.27. The average molecular weight is 649 g/mol. The van der Waals surface area contributed by atoms with Gasteiger partial charge in [-0.05, 0) is 173 Å². The molecule has 0 saturated carbocycles. The van der Waals surface area contributed by atoms with Crippen molar-refractivity contribution < 1.29 is 30.6 Å². The smallest absolute Gasteiger partial charge is 0.122 e. The number of aliphatic hydroxyl groups excluding tert-OH is 3. The molecule has 6 N–H and O–H groups in total. The van der Waals surface area contributed by atoms with Gasteiger partial charge >= 0.3 is 0 Å². The first kappa shape index (κ1) is 32.7. The van der Waals surface area contributed by atoms with Crippen LogP contribution >= 0.6 is 0 Å². The first-order valence-corrected chi connectivity index (χ1v) is 17.9. The van der Waals surface area contributed by atoms with Crippen LogP contribution in [-0.2, 0) is 77.6 Å². The number of aliphatic hydroxyl groups is 3. The van der Waals surface area contributed by atoms with Gasteiger partial charge in [0.25, 0.3) is 0 Å². The molecule has 0 heterocycles. The number of hydrogen-bond donors (Lipinski definition) is 6. The minimum atomic E-state index is -0.327. The summed E-state index contributed by atoms with van der Waals surface area (Å²) in [6.07, 6.45) is 13.0. The van der Waals surface area contributed by atoms with Gasteiger partial charge in [0.05, 0.1) is 19.8 Å². The molecule has 0 saturated heterocycles. The number of benzene rings is 4. The minimum Gasteiger partial charge on any atom is -0.508 e. The van der Waals surface area contributed by atoms with Gasteiger partial charge in [-0.1, -0.05) is 24.3 Å². The second-order valence-corrected chi connectivity index (χ2v) is 14.2. The van der Waals surface area contributed by atoms with E-state index in [9.17, 15) is 30.6 Å². The van der Waals surface area contributed by atoms with Crippen LogP contribution in [0.5, 0.6) is 17.2 Å². The van der Waals surface area contributed by atoms with Crippen molar-refractivity contribution in [2.45, 2.75) is 116 Å². The van der Waals surface area contributed by atoms with Crippen molar-refractivity contribution in [1.82, 2.24) is 0 Å². The Labute approximate surface area is 283 Å². The Bertz CT molecular complexity index is 1710. The van der Waals surface area contributed by atoms with Crippen molar-refractivity contribution in [3.05, 3.63) is 120 Å². The molecule has 4 aromatic carbocycles. The predicted octanol–water partition coefficient (Wildman–Crippen LogP) is 6.69. The van der Waals surface area contributed by atoms with Crippen LogP contribution in [0.25, 0.3) is 0 Å². The maximum absolute atomic E-state index is 11.5. The van der Waals surface area contributed by atoms with Crippen molar-refractivity contribution in [3.63, 3.8) is 0 Å². The van der Waals surface area contributed by atoms with Gasteiger partial charge in [-0.15, -0.1) is 0 Å². The average Bonchev–Trinajstić information content (AvgIpc) is 3.10. The lowest BCUT2D eigenvalue weighted by atomic mass is 9.79. The quantitative estimate of drug-likeness (QED) is 0.120. The van der Waals surface area contributed by atoms with Crippen LogP contribution in [0.4, 0.5) is 0 Å². The molecular formula is C42H48O6. The molecule has 0 aliphatic heterocycles. The Hall–Kier alpha value is -3.84. The molecule has 0 spiro atoms. The van der Waals surface area contributed by atoms with E-state index in [4.69, 9.17) is 0 Å². The highest BCUT2D eigenvalue weighted by atomic mass is 16.3. The highest BCUT2D eigenvalue weighted by molar-refractivity contribution is 5.59. The number of hydrogen-bond acceptors (Lipinski definition) is 6. The lowest BCUT2D eigenvalue weighted by molar-refractivity contribution is 0.264. The molecule has 48 heavy (non-hydrogen) atoms. The summed E-state index contributed by atoms with van der Waals surface area (Å²) in [5.41, 5.74) is 13.2. The third-order valence-corrected chi connectivity index (χ3v) is 11.4. The third-order valence-electron chi connectivity index (χ3n) is 11.4.